The zero-order valence-corrected chi connectivity index (χ0v) is 15.9. The van der Waals surface area contributed by atoms with Gasteiger partial charge in [0.2, 0.25) is 5.88 Å². The predicted molar refractivity (Wildman–Crippen MR) is 102 cm³/mol. The number of piperidine rings is 2. The summed E-state index contributed by atoms with van der Waals surface area (Å²) >= 11 is 0. The second-order valence-electron chi connectivity index (χ2n) is 7.89. The summed E-state index contributed by atoms with van der Waals surface area (Å²) in [7, 11) is 0. The van der Waals surface area contributed by atoms with Crippen molar-refractivity contribution in [1.29, 1.82) is 0 Å². The Bertz CT molecular complexity index is 1000. The summed E-state index contributed by atoms with van der Waals surface area (Å²) in [4.78, 5) is 0. The molecule has 2 bridgehead atoms. The van der Waals surface area contributed by atoms with Gasteiger partial charge in [0.25, 0.3) is 0 Å². The zero-order chi connectivity index (χ0) is 20.0. The molecule has 29 heavy (non-hydrogen) atoms. The highest BCUT2D eigenvalue weighted by Gasteiger charge is 2.52. The highest BCUT2D eigenvalue weighted by Crippen LogP contribution is 2.40. The number of ether oxygens (including phenoxy) is 1. The fourth-order valence-electron chi connectivity index (χ4n) is 4.20. The van der Waals surface area contributed by atoms with Gasteiger partial charge in [-0.05, 0) is 38.0 Å². The van der Waals surface area contributed by atoms with Gasteiger partial charge in [0, 0.05) is 30.2 Å². The molecule has 1 saturated carbocycles. The van der Waals surface area contributed by atoms with Crippen molar-refractivity contribution in [3.8, 4) is 28.6 Å². The fraction of sp³-hybridized carbons (Fsp3) is 0.400. The molecule has 9 heteroatoms. The quantitative estimate of drug-likeness (QED) is 0.698. The second-order valence-corrected chi connectivity index (χ2v) is 7.89. The maximum absolute atomic E-state index is 14.9. The van der Waals surface area contributed by atoms with Gasteiger partial charge >= 0.3 is 0 Å². The Hall–Kier alpha value is -3.07. The number of rotatable bonds is 4. The molecule has 2 N–H and O–H groups in total. The number of halogens is 1. The van der Waals surface area contributed by atoms with E-state index in [1.165, 1.54) is 0 Å². The van der Waals surface area contributed by atoms with Crippen LogP contribution in [0, 0.1) is 5.92 Å². The first-order valence-corrected chi connectivity index (χ1v) is 9.63. The van der Waals surface area contributed by atoms with E-state index >= 15 is 0 Å². The lowest BCUT2D eigenvalue weighted by Gasteiger charge is -2.51. The van der Waals surface area contributed by atoms with Gasteiger partial charge in [-0.1, -0.05) is 5.21 Å². The van der Waals surface area contributed by atoms with Crippen LogP contribution in [0.4, 0.5) is 4.39 Å². The molecule has 6 rings (SSSR count). The molecule has 0 amide bonds. The third-order valence-electron chi connectivity index (χ3n) is 6.01. The molecule has 0 spiro atoms. The monoisotopic (exact) mass is 396 g/mol. The average Bonchev–Trinajstić information content (AvgIpc) is 3.27. The van der Waals surface area contributed by atoms with Crippen molar-refractivity contribution in [3.05, 3.63) is 42.7 Å². The van der Waals surface area contributed by atoms with Gasteiger partial charge in [-0.2, -0.15) is 0 Å². The molecule has 3 aliphatic rings. The molecule has 4 atom stereocenters. The lowest BCUT2D eigenvalue weighted by molar-refractivity contribution is -0.0729. The predicted octanol–water partition coefficient (Wildman–Crippen LogP) is 2.29. The first-order valence-electron chi connectivity index (χ1n) is 9.63. The Morgan fingerprint density at radius 2 is 2.17 bits per heavy atom. The van der Waals surface area contributed by atoms with Crippen LogP contribution in [0.15, 0.2) is 42.7 Å². The Kier molecular flexibility index (Phi) is 4.20. The summed E-state index contributed by atoms with van der Waals surface area (Å²) in [5, 5.41) is 29.6. The van der Waals surface area contributed by atoms with Gasteiger partial charge in [-0.3, -0.25) is 0 Å². The van der Waals surface area contributed by atoms with Crippen LogP contribution in [0.3, 0.4) is 0 Å². The molecule has 1 aliphatic carbocycles. The number of aromatic nitrogens is 5. The van der Waals surface area contributed by atoms with Crippen LogP contribution in [-0.4, -0.2) is 54.7 Å². The molecule has 2 aliphatic heterocycles. The van der Waals surface area contributed by atoms with E-state index in [-0.39, 0.29) is 17.5 Å². The molecule has 8 nitrogen and oxygen atoms in total. The summed E-state index contributed by atoms with van der Waals surface area (Å²) in [5.74, 6) is 0.464. The number of phenolic OH excluding ortho intramolecular Hbond substituents is 1. The minimum Gasteiger partial charge on any atom is -0.507 e. The zero-order valence-electron chi connectivity index (χ0n) is 15.9. The van der Waals surface area contributed by atoms with E-state index in [0.29, 0.717) is 16.9 Å². The van der Waals surface area contributed by atoms with Gasteiger partial charge in [0.15, 0.2) is 6.17 Å². The number of nitrogens with one attached hydrogen (secondary N) is 1. The van der Waals surface area contributed by atoms with E-state index in [9.17, 15) is 9.50 Å². The smallest absolute Gasteiger partial charge is 0.233 e. The molecule has 3 aromatic rings. The van der Waals surface area contributed by atoms with Crippen molar-refractivity contribution in [2.75, 3.05) is 6.54 Å². The molecular formula is C20H21FN6O2. The number of phenols is 1. The van der Waals surface area contributed by atoms with Gasteiger partial charge in [-0.15, -0.1) is 15.3 Å². The molecule has 3 fully saturated rings. The molecule has 0 radical (unpaired) electrons. The lowest BCUT2D eigenvalue weighted by Crippen LogP contribution is -2.68. The normalized spacial score (nSPS) is 28.4. The highest BCUT2D eigenvalue weighted by atomic mass is 19.1. The van der Waals surface area contributed by atoms with Gasteiger partial charge in [-0.25, -0.2) is 9.07 Å². The van der Waals surface area contributed by atoms with Crippen LogP contribution < -0.4 is 10.1 Å². The maximum atomic E-state index is 14.9. The maximum Gasteiger partial charge on any atom is 0.233 e. The van der Waals surface area contributed by atoms with E-state index in [4.69, 9.17) is 4.74 Å². The van der Waals surface area contributed by atoms with Crippen molar-refractivity contribution in [2.45, 2.75) is 37.6 Å². The van der Waals surface area contributed by atoms with E-state index in [1.807, 2.05) is 6.92 Å². The van der Waals surface area contributed by atoms with E-state index in [0.717, 1.165) is 19.4 Å². The van der Waals surface area contributed by atoms with E-state index < -0.39 is 17.8 Å². The third-order valence-corrected chi connectivity index (χ3v) is 6.01. The van der Waals surface area contributed by atoms with Crippen molar-refractivity contribution >= 4 is 0 Å². The van der Waals surface area contributed by atoms with Gasteiger partial charge in [0.1, 0.15) is 11.9 Å². The first kappa shape index (κ1) is 18.0. The Labute approximate surface area is 166 Å². The molecule has 1 aromatic carbocycles. The molecule has 4 heterocycles. The molecular weight excluding hydrogens is 375 g/mol. The molecule has 150 valence electrons. The van der Waals surface area contributed by atoms with Crippen molar-refractivity contribution in [3.63, 3.8) is 0 Å². The van der Waals surface area contributed by atoms with Crippen molar-refractivity contribution in [1.82, 2.24) is 30.5 Å². The van der Waals surface area contributed by atoms with Crippen LogP contribution in [0.5, 0.6) is 11.6 Å². The largest absolute Gasteiger partial charge is 0.507 e. The second kappa shape index (κ2) is 6.77. The van der Waals surface area contributed by atoms with E-state index in [2.05, 4.69) is 25.8 Å². The van der Waals surface area contributed by atoms with Crippen molar-refractivity contribution in [2.24, 2.45) is 5.92 Å². The number of nitrogens with zero attached hydrogens (tertiary/aromatic N) is 5. The molecule has 2 aromatic heterocycles. The van der Waals surface area contributed by atoms with Crippen LogP contribution in [0.2, 0.25) is 0 Å². The molecule has 2 saturated heterocycles. The van der Waals surface area contributed by atoms with Crippen molar-refractivity contribution < 1.29 is 14.2 Å². The summed E-state index contributed by atoms with van der Waals surface area (Å²) < 4.78 is 22.3. The van der Waals surface area contributed by atoms with Gasteiger partial charge in [0.05, 0.1) is 29.3 Å². The highest BCUT2D eigenvalue weighted by molar-refractivity contribution is 5.68. The van der Waals surface area contributed by atoms with Crippen LogP contribution in [0.25, 0.3) is 16.9 Å². The number of hydrogen-bond donors (Lipinski definition) is 2. The van der Waals surface area contributed by atoms with Gasteiger partial charge < -0.3 is 15.2 Å². The Morgan fingerprint density at radius 3 is 2.83 bits per heavy atom. The lowest BCUT2D eigenvalue weighted by atomic mass is 9.70. The fourth-order valence-corrected chi connectivity index (χ4v) is 4.20. The van der Waals surface area contributed by atoms with E-state index in [1.54, 1.807) is 47.4 Å². The summed E-state index contributed by atoms with van der Waals surface area (Å²) in [5.41, 5.74) is 1.17. The average molecular weight is 396 g/mol. The summed E-state index contributed by atoms with van der Waals surface area (Å²) in [6.07, 6.45) is 3.38. The number of alkyl halides is 1. The molecule has 0 unspecified atom stereocenters. The topological polar surface area (TPSA) is 98.0 Å². The minimum atomic E-state index is -1.09. The standard InChI is InChI=1S/C20H21FN6O2/c1-20-7-6-12(11-22-20)18(19(20)21)29-17-5-4-15(24-25-17)14-3-2-13(10-16(14)28)27-9-8-23-26-27/h2-5,8-10,12,18-19,22,28H,6-7,11H2,1H3/t12-,18-,19+,20-/m1/s1. The summed E-state index contributed by atoms with van der Waals surface area (Å²) in [6.45, 7) is 2.66. The summed E-state index contributed by atoms with van der Waals surface area (Å²) in [6, 6.07) is 8.49. The van der Waals surface area contributed by atoms with Crippen LogP contribution in [-0.2, 0) is 0 Å². The SMILES string of the molecule is C[C@]12CC[C@H](CN1)[C@@H](Oc1ccc(-c3ccc(-n4ccnn4)cc3O)nn1)[C@@H]2F. The third kappa shape index (κ3) is 3.11. The minimum absolute atomic E-state index is 0.0494. The number of aromatic hydroxyl groups is 1. The Balaban J connectivity index is 1.34. The number of fused-ring (bicyclic) bond motifs is 3. The number of hydrogen-bond acceptors (Lipinski definition) is 7. The van der Waals surface area contributed by atoms with Crippen LogP contribution in [0.1, 0.15) is 19.8 Å². The Morgan fingerprint density at radius 1 is 1.28 bits per heavy atom. The van der Waals surface area contributed by atoms with Crippen LogP contribution >= 0.6 is 0 Å². The first-order chi connectivity index (χ1) is 14.0. The number of benzene rings is 1.